The average molecular weight is 152 g/mol. The van der Waals surface area contributed by atoms with Crippen molar-refractivity contribution in [2.75, 3.05) is 0 Å². The minimum Gasteiger partial charge on any atom is -0.0837 e. The van der Waals surface area contributed by atoms with E-state index in [2.05, 4.69) is 32.1 Å². The van der Waals surface area contributed by atoms with E-state index in [-0.39, 0.29) is 0 Å². The van der Waals surface area contributed by atoms with Crippen molar-refractivity contribution in [3.63, 3.8) is 0 Å². The fraction of sp³-hybridized carbons (Fsp3) is 0.636. The number of rotatable bonds is 1. The van der Waals surface area contributed by atoms with Crippen LogP contribution in [0.4, 0.5) is 0 Å². The van der Waals surface area contributed by atoms with Crippen LogP contribution in [0.15, 0.2) is 23.8 Å². The monoisotopic (exact) mass is 152 g/mol. The Bertz CT molecular complexity index is 140. The van der Waals surface area contributed by atoms with E-state index in [1.807, 2.05) is 13.8 Å². The second-order valence-electron chi connectivity index (χ2n) is 2.72. The van der Waals surface area contributed by atoms with Gasteiger partial charge in [-0.2, -0.15) is 0 Å². The number of allylic oxidation sites excluding steroid dienone is 4. The van der Waals surface area contributed by atoms with Crippen LogP contribution >= 0.6 is 0 Å². The fourth-order valence-electron chi connectivity index (χ4n) is 1.21. The molecule has 0 saturated heterocycles. The molecule has 0 saturated carbocycles. The Hall–Kier alpha value is -0.520. The molecule has 0 aromatic carbocycles. The molecule has 0 fully saturated rings. The first-order valence-electron chi connectivity index (χ1n) is 4.68. The van der Waals surface area contributed by atoms with E-state index in [0.717, 1.165) is 5.92 Å². The van der Waals surface area contributed by atoms with Crippen molar-refractivity contribution >= 4 is 0 Å². The van der Waals surface area contributed by atoms with E-state index in [9.17, 15) is 0 Å². The maximum atomic E-state index is 2.36. The van der Waals surface area contributed by atoms with Gasteiger partial charge in [0, 0.05) is 0 Å². The van der Waals surface area contributed by atoms with Crippen molar-refractivity contribution in [3.05, 3.63) is 23.8 Å². The van der Waals surface area contributed by atoms with E-state index in [1.165, 1.54) is 18.4 Å². The van der Waals surface area contributed by atoms with Crippen molar-refractivity contribution in [3.8, 4) is 0 Å². The minimum absolute atomic E-state index is 0.815. The normalized spacial score (nSPS) is 21.8. The lowest BCUT2D eigenvalue weighted by Gasteiger charge is -2.11. The maximum absolute atomic E-state index is 2.36. The smallest absolute Gasteiger partial charge is 0.0196 e. The summed E-state index contributed by atoms with van der Waals surface area (Å²) in [6, 6.07) is 0. The second-order valence-corrected chi connectivity index (χ2v) is 2.72. The highest BCUT2D eigenvalue weighted by atomic mass is 14.1. The quantitative estimate of drug-likeness (QED) is 0.534. The van der Waals surface area contributed by atoms with Crippen LogP contribution in [-0.4, -0.2) is 0 Å². The van der Waals surface area contributed by atoms with Gasteiger partial charge in [-0.05, 0) is 25.7 Å². The Kier molecular flexibility index (Phi) is 5.91. The molecule has 1 aliphatic rings. The zero-order valence-corrected chi connectivity index (χ0v) is 8.22. The molecule has 11 heavy (non-hydrogen) atoms. The van der Waals surface area contributed by atoms with Crippen molar-refractivity contribution in [1.29, 1.82) is 0 Å². The molecule has 0 spiro atoms. The van der Waals surface area contributed by atoms with Gasteiger partial charge < -0.3 is 0 Å². The molecule has 0 nitrogen and oxygen atoms in total. The Balaban J connectivity index is 0.000000461. The fourth-order valence-corrected chi connectivity index (χ4v) is 1.21. The van der Waals surface area contributed by atoms with Gasteiger partial charge >= 0.3 is 0 Å². The molecule has 0 aromatic rings. The van der Waals surface area contributed by atoms with Gasteiger partial charge in [0.1, 0.15) is 0 Å². The van der Waals surface area contributed by atoms with Crippen molar-refractivity contribution in [1.82, 2.24) is 0 Å². The van der Waals surface area contributed by atoms with E-state index in [0.29, 0.717) is 0 Å². The van der Waals surface area contributed by atoms with Gasteiger partial charge in [0.15, 0.2) is 0 Å². The van der Waals surface area contributed by atoms with Crippen LogP contribution in [0.5, 0.6) is 0 Å². The molecule has 0 amide bonds. The van der Waals surface area contributed by atoms with E-state index < -0.39 is 0 Å². The van der Waals surface area contributed by atoms with Crippen molar-refractivity contribution < 1.29 is 0 Å². The lowest BCUT2D eigenvalue weighted by Crippen LogP contribution is -1.96. The maximum Gasteiger partial charge on any atom is -0.0196 e. The van der Waals surface area contributed by atoms with Gasteiger partial charge in [0.05, 0.1) is 0 Å². The molecule has 0 radical (unpaired) electrons. The summed E-state index contributed by atoms with van der Waals surface area (Å²) in [6.07, 6.45) is 9.35. The SMILES string of the molecule is CC.CCC1C=C(C)C=CC1. The topological polar surface area (TPSA) is 0 Å². The Labute approximate surface area is 71.0 Å². The molecule has 0 heteroatoms. The summed E-state index contributed by atoms with van der Waals surface area (Å²) in [5, 5.41) is 0. The first-order valence-corrected chi connectivity index (χ1v) is 4.68. The average Bonchev–Trinajstić information content (AvgIpc) is 2.08. The van der Waals surface area contributed by atoms with Gasteiger partial charge in [-0.3, -0.25) is 0 Å². The largest absolute Gasteiger partial charge is 0.0837 e. The second kappa shape index (κ2) is 6.21. The summed E-state index contributed by atoms with van der Waals surface area (Å²) < 4.78 is 0. The Morgan fingerprint density at radius 3 is 2.45 bits per heavy atom. The molecule has 0 heterocycles. The van der Waals surface area contributed by atoms with Gasteiger partial charge in [0.2, 0.25) is 0 Å². The molecule has 64 valence electrons. The van der Waals surface area contributed by atoms with Gasteiger partial charge in [0.25, 0.3) is 0 Å². The third-order valence-electron chi connectivity index (χ3n) is 1.84. The Morgan fingerprint density at radius 1 is 1.45 bits per heavy atom. The van der Waals surface area contributed by atoms with Crippen LogP contribution in [-0.2, 0) is 0 Å². The first-order chi connectivity index (χ1) is 5.33. The first kappa shape index (κ1) is 10.5. The third kappa shape index (κ3) is 4.02. The highest BCUT2D eigenvalue weighted by Crippen LogP contribution is 2.18. The van der Waals surface area contributed by atoms with Crippen LogP contribution in [0, 0.1) is 5.92 Å². The van der Waals surface area contributed by atoms with Crippen LogP contribution in [0.25, 0.3) is 0 Å². The van der Waals surface area contributed by atoms with Crippen molar-refractivity contribution in [2.24, 2.45) is 5.92 Å². The summed E-state index contributed by atoms with van der Waals surface area (Å²) in [5.41, 5.74) is 1.42. The summed E-state index contributed by atoms with van der Waals surface area (Å²) in [7, 11) is 0. The van der Waals surface area contributed by atoms with Gasteiger partial charge in [-0.15, -0.1) is 0 Å². The molecule has 1 atom stereocenters. The number of hydrogen-bond acceptors (Lipinski definition) is 0. The molecule has 1 unspecified atom stereocenters. The highest BCUT2D eigenvalue weighted by Gasteiger charge is 2.02. The molecular weight excluding hydrogens is 132 g/mol. The highest BCUT2D eigenvalue weighted by molar-refractivity contribution is 5.21. The van der Waals surface area contributed by atoms with E-state index >= 15 is 0 Å². The lowest BCUT2D eigenvalue weighted by molar-refractivity contribution is 0.628. The predicted molar refractivity (Wildman–Crippen MR) is 52.6 cm³/mol. The molecule has 0 bridgehead atoms. The summed E-state index contributed by atoms with van der Waals surface area (Å²) in [4.78, 5) is 0. The predicted octanol–water partition coefficient (Wildman–Crippen LogP) is 3.95. The molecule has 0 aliphatic heterocycles. The van der Waals surface area contributed by atoms with Crippen LogP contribution in [0.1, 0.15) is 40.5 Å². The summed E-state index contributed by atoms with van der Waals surface area (Å²) in [6.45, 7) is 8.41. The van der Waals surface area contributed by atoms with Crippen LogP contribution < -0.4 is 0 Å². The number of hydrogen-bond donors (Lipinski definition) is 0. The van der Waals surface area contributed by atoms with Crippen molar-refractivity contribution in [2.45, 2.75) is 40.5 Å². The molecule has 1 aliphatic carbocycles. The van der Waals surface area contributed by atoms with Gasteiger partial charge in [-0.25, -0.2) is 0 Å². The minimum atomic E-state index is 0.815. The zero-order valence-electron chi connectivity index (χ0n) is 8.22. The van der Waals surface area contributed by atoms with E-state index in [4.69, 9.17) is 0 Å². The van der Waals surface area contributed by atoms with Crippen LogP contribution in [0.3, 0.4) is 0 Å². The van der Waals surface area contributed by atoms with E-state index in [1.54, 1.807) is 0 Å². The Morgan fingerprint density at radius 2 is 2.09 bits per heavy atom. The summed E-state index contributed by atoms with van der Waals surface area (Å²) >= 11 is 0. The standard InChI is InChI=1S/C9H14.C2H6/c1-3-9-6-4-5-8(2)7-9;1-2/h4-5,7,9H,3,6H2,1-2H3;1-2H3. The molecule has 0 N–H and O–H groups in total. The lowest BCUT2D eigenvalue weighted by atomic mass is 9.95. The molecule has 1 rings (SSSR count). The molecular formula is C11H20. The van der Waals surface area contributed by atoms with Crippen LogP contribution in [0.2, 0.25) is 0 Å². The zero-order chi connectivity index (χ0) is 8.69. The summed E-state index contributed by atoms with van der Waals surface area (Å²) in [5.74, 6) is 0.815. The third-order valence-corrected chi connectivity index (χ3v) is 1.84. The van der Waals surface area contributed by atoms with Gasteiger partial charge in [-0.1, -0.05) is 44.6 Å². The molecule has 0 aromatic heterocycles.